The van der Waals surface area contributed by atoms with Crippen molar-refractivity contribution in [3.63, 3.8) is 0 Å². The number of aliphatic hydroxyl groups is 2. The van der Waals surface area contributed by atoms with E-state index in [0.717, 1.165) is 31.6 Å². The Labute approximate surface area is 130 Å². The molecule has 1 unspecified atom stereocenters. The number of para-hydroxylation sites is 1. The van der Waals surface area contributed by atoms with E-state index in [-0.39, 0.29) is 12.5 Å². The fourth-order valence-electron chi connectivity index (χ4n) is 3.49. The Morgan fingerprint density at radius 2 is 1.91 bits per heavy atom. The maximum Gasteiger partial charge on any atom is 0.247 e. The number of amides is 1. The highest BCUT2D eigenvalue weighted by molar-refractivity contribution is 5.93. The van der Waals surface area contributed by atoms with Gasteiger partial charge in [-0.05, 0) is 25.0 Å². The van der Waals surface area contributed by atoms with Crippen LogP contribution in [0.4, 0.5) is 5.69 Å². The first-order chi connectivity index (χ1) is 10.7. The van der Waals surface area contributed by atoms with Crippen molar-refractivity contribution >= 4 is 11.6 Å². The molecule has 6 heteroatoms. The first kappa shape index (κ1) is 15.3. The molecule has 6 nitrogen and oxygen atoms in total. The van der Waals surface area contributed by atoms with E-state index in [9.17, 15) is 9.90 Å². The number of likely N-dealkylation sites (tertiary alicyclic amines) is 1. The van der Waals surface area contributed by atoms with Crippen LogP contribution in [0.1, 0.15) is 12.8 Å². The van der Waals surface area contributed by atoms with Crippen molar-refractivity contribution in [2.45, 2.75) is 24.5 Å². The molecule has 120 valence electrons. The molecule has 2 fully saturated rings. The van der Waals surface area contributed by atoms with Gasteiger partial charge in [-0.15, -0.1) is 0 Å². The topological polar surface area (TPSA) is 76.0 Å². The van der Waals surface area contributed by atoms with Crippen LogP contribution in [0.3, 0.4) is 0 Å². The van der Waals surface area contributed by atoms with Gasteiger partial charge in [-0.1, -0.05) is 18.2 Å². The van der Waals surface area contributed by atoms with Crippen LogP contribution >= 0.6 is 0 Å². The molecule has 1 spiro atoms. The van der Waals surface area contributed by atoms with Crippen molar-refractivity contribution < 1.29 is 15.0 Å². The molecule has 1 aromatic rings. The molecule has 3 N–H and O–H groups in total. The molecule has 0 saturated carbocycles. The van der Waals surface area contributed by atoms with E-state index in [1.807, 2.05) is 30.3 Å². The zero-order valence-electron chi connectivity index (χ0n) is 12.6. The fraction of sp³-hybridized carbons (Fsp3) is 0.562. The molecule has 1 atom stereocenters. The van der Waals surface area contributed by atoms with Gasteiger partial charge in [0.1, 0.15) is 5.54 Å². The summed E-state index contributed by atoms with van der Waals surface area (Å²) in [5.41, 5.74) is 0.576. The third-order valence-electron chi connectivity index (χ3n) is 4.77. The van der Waals surface area contributed by atoms with Crippen LogP contribution < -0.4 is 10.2 Å². The summed E-state index contributed by atoms with van der Waals surface area (Å²) in [6.45, 7) is 2.27. The molecular formula is C16H23N3O3. The van der Waals surface area contributed by atoms with Gasteiger partial charge < -0.3 is 25.3 Å². The molecule has 1 aromatic carbocycles. The van der Waals surface area contributed by atoms with Crippen molar-refractivity contribution in [1.29, 1.82) is 0 Å². The lowest BCUT2D eigenvalue weighted by molar-refractivity contribution is -0.125. The monoisotopic (exact) mass is 305 g/mol. The summed E-state index contributed by atoms with van der Waals surface area (Å²) < 4.78 is 0. The predicted octanol–water partition coefficient (Wildman–Crippen LogP) is -0.232. The van der Waals surface area contributed by atoms with Crippen molar-refractivity contribution in [2.75, 3.05) is 37.8 Å². The Balaban J connectivity index is 1.73. The van der Waals surface area contributed by atoms with Crippen LogP contribution in [0.2, 0.25) is 0 Å². The van der Waals surface area contributed by atoms with E-state index in [2.05, 4.69) is 15.1 Å². The van der Waals surface area contributed by atoms with Gasteiger partial charge in [-0.2, -0.15) is 0 Å². The van der Waals surface area contributed by atoms with Crippen LogP contribution in [-0.2, 0) is 4.79 Å². The minimum Gasteiger partial charge on any atom is -0.394 e. The SMILES string of the molecule is O=C1NCN(c2ccccc2)C12CCN(CC(O)CO)CC2. The smallest absolute Gasteiger partial charge is 0.247 e. The number of β-amino-alcohol motifs (C(OH)–C–C–N with tert-alkyl or cyclic N) is 1. The maximum atomic E-state index is 12.5. The van der Waals surface area contributed by atoms with Gasteiger partial charge in [-0.25, -0.2) is 0 Å². The largest absolute Gasteiger partial charge is 0.394 e. The number of benzene rings is 1. The number of hydrogen-bond donors (Lipinski definition) is 3. The number of anilines is 1. The van der Waals surface area contributed by atoms with Crippen LogP contribution in [0.5, 0.6) is 0 Å². The maximum absolute atomic E-state index is 12.5. The number of piperidine rings is 1. The summed E-state index contributed by atoms with van der Waals surface area (Å²) in [7, 11) is 0. The van der Waals surface area contributed by atoms with Crippen molar-refractivity contribution in [1.82, 2.24) is 10.2 Å². The van der Waals surface area contributed by atoms with Gasteiger partial charge in [0.05, 0.1) is 19.4 Å². The minimum atomic E-state index is -0.711. The zero-order valence-corrected chi connectivity index (χ0v) is 12.6. The molecule has 2 heterocycles. The lowest BCUT2D eigenvalue weighted by Crippen LogP contribution is -2.57. The number of carbonyl (C=O) groups is 1. The average molecular weight is 305 g/mol. The lowest BCUT2D eigenvalue weighted by atomic mass is 9.85. The second-order valence-electron chi connectivity index (χ2n) is 6.10. The van der Waals surface area contributed by atoms with Gasteiger partial charge in [0, 0.05) is 25.3 Å². The second kappa shape index (κ2) is 6.24. The van der Waals surface area contributed by atoms with Gasteiger partial charge in [0.2, 0.25) is 5.91 Å². The Hall–Kier alpha value is -1.63. The highest BCUT2D eigenvalue weighted by atomic mass is 16.3. The summed E-state index contributed by atoms with van der Waals surface area (Å²) in [6, 6.07) is 10.0. The first-order valence-corrected chi connectivity index (χ1v) is 7.78. The van der Waals surface area contributed by atoms with Crippen LogP contribution in [0.15, 0.2) is 30.3 Å². The van der Waals surface area contributed by atoms with Crippen LogP contribution in [0, 0.1) is 0 Å². The Morgan fingerprint density at radius 1 is 1.23 bits per heavy atom. The molecule has 2 aliphatic heterocycles. The molecule has 0 aliphatic carbocycles. The van der Waals surface area contributed by atoms with E-state index >= 15 is 0 Å². The van der Waals surface area contributed by atoms with E-state index in [4.69, 9.17) is 5.11 Å². The Bertz CT molecular complexity index is 515. The lowest BCUT2D eigenvalue weighted by Gasteiger charge is -2.43. The van der Waals surface area contributed by atoms with Gasteiger partial charge >= 0.3 is 0 Å². The number of hydrogen-bond acceptors (Lipinski definition) is 5. The number of nitrogens with one attached hydrogen (secondary N) is 1. The molecule has 2 aliphatic rings. The normalized spacial score (nSPS) is 22.8. The minimum absolute atomic E-state index is 0.0960. The van der Waals surface area contributed by atoms with Crippen molar-refractivity contribution in [2.24, 2.45) is 0 Å². The fourth-order valence-corrected chi connectivity index (χ4v) is 3.49. The zero-order chi connectivity index (χ0) is 15.6. The van der Waals surface area contributed by atoms with E-state index in [1.165, 1.54) is 0 Å². The molecule has 0 radical (unpaired) electrons. The summed E-state index contributed by atoms with van der Waals surface area (Å²) in [5.74, 6) is 0.0960. The Kier molecular flexibility index (Phi) is 4.33. The summed E-state index contributed by atoms with van der Waals surface area (Å²) in [6.07, 6.45) is 0.745. The summed E-state index contributed by atoms with van der Waals surface area (Å²) >= 11 is 0. The molecule has 1 amide bonds. The molecule has 3 rings (SSSR count). The van der Waals surface area contributed by atoms with Gasteiger partial charge in [0.25, 0.3) is 0 Å². The molecule has 0 aromatic heterocycles. The molecule has 2 saturated heterocycles. The van der Waals surface area contributed by atoms with E-state index < -0.39 is 11.6 Å². The van der Waals surface area contributed by atoms with Crippen LogP contribution in [0.25, 0.3) is 0 Å². The van der Waals surface area contributed by atoms with Gasteiger partial charge in [0.15, 0.2) is 0 Å². The number of rotatable bonds is 4. The van der Waals surface area contributed by atoms with E-state index in [0.29, 0.717) is 13.2 Å². The summed E-state index contributed by atoms with van der Waals surface area (Å²) in [4.78, 5) is 16.7. The third kappa shape index (κ3) is 2.69. The molecule has 0 bridgehead atoms. The quantitative estimate of drug-likeness (QED) is 0.716. The molecular weight excluding hydrogens is 282 g/mol. The predicted molar refractivity (Wildman–Crippen MR) is 83.4 cm³/mol. The van der Waals surface area contributed by atoms with Crippen molar-refractivity contribution in [3.05, 3.63) is 30.3 Å². The summed E-state index contributed by atoms with van der Waals surface area (Å²) in [5, 5.41) is 21.5. The Morgan fingerprint density at radius 3 is 2.55 bits per heavy atom. The number of nitrogens with zero attached hydrogens (tertiary/aromatic N) is 2. The van der Waals surface area contributed by atoms with Crippen LogP contribution in [-0.4, -0.2) is 65.6 Å². The highest BCUT2D eigenvalue weighted by Gasteiger charge is 2.50. The van der Waals surface area contributed by atoms with Gasteiger partial charge in [-0.3, -0.25) is 4.79 Å². The third-order valence-corrected chi connectivity index (χ3v) is 4.77. The second-order valence-corrected chi connectivity index (χ2v) is 6.10. The first-order valence-electron chi connectivity index (χ1n) is 7.78. The number of aliphatic hydroxyl groups excluding tert-OH is 2. The number of carbonyl (C=O) groups excluding carboxylic acids is 1. The average Bonchev–Trinajstić information content (AvgIpc) is 2.87. The molecule has 22 heavy (non-hydrogen) atoms. The standard InChI is InChI=1S/C16H23N3O3/c20-11-14(21)10-18-8-6-16(7-9-18)15(22)17-12-19(16)13-4-2-1-3-5-13/h1-5,14,20-21H,6-12H2,(H,17,22). The highest BCUT2D eigenvalue weighted by Crippen LogP contribution is 2.36. The van der Waals surface area contributed by atoms with E-state index in [1.54, 1.807) is 0 Å². The van der Waals surface area contributed by atoms with Crippen molar-refractivity contribution in [3.8, 4) is 0 Å².